The Morgan fingerprint density at radius 1 is 0.610 bits per heavy atom. The Hall–Kier alpha value is -6.34. The van der Waals surface area contributed by atoms with Crippen LogP contribution in [-0.2, 0) is 26.7 Å². The standard InChI is InChI=1S/C23H38ClN3OSi.C14H16ClN3O2.C7H7ClN2O2.C7H6ClNO2.C7H11NO.ClH/c1-15(2)29(16(3)4,17(5)6)28-14-18-10-11-19(12-20(18)24)27-22(25)13-21(26-27)23(7,8)9;1-14(2,3)11-7-12(16)18(17-11)8-4-5-9(13(19)20)10(15)6-8;8-6-3-4(10-9)1-2-5(6)7(11)12;8-6-3-4(9)1-2-5(6)7(10)11;1-7(2,3)6(9)4-5-8;/h10-13,15-17H,14,25H2,1-9H3;4-7H,16H2,1-3H3,(H,19,20);1-3,10H,9H2,(H,11,12);1-3H,9H2,(H,10,11);4H2,1-3H3;1H. The maximum atomic E-state index is 10.9. The molecule has 0 unspecified atom stereocenters. The van der Waals surface area contributed by atoms with Gasteiger partial charge in [-0.05, 0) is 88.9 Å². The Morgan fingerprint density at radius 3 is 1.29 bits per heavy atom. The number of benzene rings is 4. The van der Waals surface area contributed by atoms with E-state index in [4.69, 9.17) is 94.5 Å². The first kappa shape index (κ1) is 73.7. The van der Waals surface area contributed by atoms with Gasteiger partial charge in [0.2, 0.25) is 8.32 Å². The lowest BCUT2D eigenvalue weighted by atomic mass is 9.89. The maximum Gasteiger partial charge on any atom is 0.337 e. The number of aromatic carboxylic acids is 3. The fourth-order valence-corrected chi connectivity index (χ4v) is 14.5. The van der Waals surface area contributed by atoms with Gasteiger partial charge in [-0.15, -0.1) is 12.4 Å². The van der Waals surface area contributed by atoms with E-state index in [9.17, 15) is 19.2 Å². The molecule has 0 amide bonds. The fraction of sp³-hybridized carbons (Fsp3) is 0.397. The number of nitrogens with one attached hydrogen (secondary N) is 1. The van der Waals surface area contributed by atoms with Crippen molar-refractivity contribution in [3.05, 3.63) is 139 Å². The smallest absolute Gasteiger partial charge is 0.337 e. The lowest BCUT2D eigenvalue weighted by Crippen LogP contribution is -2.47. The minimum Gasteiger partial charge on any atom is -0.478 e. The van der Waals surface area contributed by atoms with Crippen LogP contribution in [0.2, 0.25) is 36.7 Å². The molecule has 0 radical (unpaired) electrons. The number of nitrogens with two attached hydrogens (primary N) is 4. The number of rotatable bonds is 13. The summed E-state index contributed by atoms with van der Waals surface area (Å²) in [5.74, 6) is 3.02. The van der Waals surface area contributed by atoms with Gasteiger partial charge in [0.05, 0.1) is 73.6 Å². The van der Waals surface area contributed by atoms with Gasteiger partial charge in [-0.1, -0.05) is 156 Å². The SMILES string of the molecule is CC(C)(C)C(=O)CC#N.CC(C)(C)c1cc(N)n(-c2ccc(C(=O)O)c(Cl)c2)n1.CC(C)[Si](OCc1ccc(-n2nc(C(C)(C)C)cc2N)cc1Cl)(C(C)C)C(C)C.Cl.NNc1ccc(C(=O)O)c(Cl)c1.Nc1ccc(C(=O)O)c(Cl)c1. The molecule has 0 saturated carbocycles. The predicted octanol–water partition coefficient (Wildman–Crippen LogP) is 15.1. The minimum absolute atomic E-state index is 0. The number of hydrogen-bond acceptors (Lipinski definition) is 13. The molecule has 0 atom stereocenters. The number of nitrogens with zero attached hydrogens (tertiary/aromatic N) is 5. The van der Waals surface area contributed by atoms with Gasteiger partial charge in [-0.3, -0.25) is 10.6 Å². The van der Waals surface area contributed by atoms with E-state index in [1.54, 1.807) is 27.6 Å². The Morgan fingerprint density at radius 2 is 0.988 bits per heavy atom. The Labute approximate surface area is 508 Å². The first-order valence-electron chi connectivity index (χ1n) is 25.6. The van der Waals surface area contributed by atoms with Crippen molar-refractivity contribution in [3.63, 3.8) is 0 Å². The van der Waals surface area contributed by atoms with Crippen molar-refractivity contribution >= 4 is 114 Å². The largest absolute Gasteiger partial charge is 0.478 e. The molecule has 2 aromatic heterocycles. The number of anilines is 4. The quantitative estimate of drug-likeness (QED) is 0.0231. The van der Waals surface area contributed by atoms with Crippen molar-refractivity contribution in [2.24, 2.45) is 11.3 Å². The van der Waals surface area contributed by atoms with Gasteiger partial charge in [0, 0.05) is 44.8 Å². The van der Waals surface area contributed by atoms with Crippen molar-refractivity contribution in [2.75, 3.05) is 22.6 Å². The molecule has 0 aliphatic heterocycles. The molecule has 18 nitrogen and oxygen atoms in total. The van der Waals surface area contributed by atoms with E-state index in [2.05, 4.69) is 77.9 Å². The van der Waals surface area contributed by atoms with E-state index in [1.807, 2.05) is 71.9 Å². The van der Waals surface area contributed by atoms with Crippen LogP contribution in [-0.4, -0.2) is 66.9 Å². The number of hydrogen-bond donors (Lipinski definition) is 8. The normalized spacial score (nSPS) is 11.3. The fourth-order valence-electron chi connectivity index (χ4n) is 8.05. The molecule has 0 aliphatic rings. The number of aromatic nitrogens is 4. The third kappa shape index (κ3) is 20.8. The summed E-state index contributed by atoms with van der Waals surface area (Å²) in [6, 6.07) is 24.8. The zero-order valence-electron chi connectivity index (χ0n) is 49.1. The van der Waals surface area contributed by atoms with Crippen LogP contribution in [0.15, 0.2) is 84.9 Å². The zero-order valence-corrected chi connectivity index (χ0v) is 53.9. The molecule has 12 N–H and O–H groups in total. The van der Waals surface area contributed by atoms with Gasteiger partial charge in [0.1, 0.15) is 11.6 Å². The van der Waals surface area contributed by atoms with Gasteiger partial charge >= 0.3 is 17.9 Å². The van der Waals surface area contributed by atoms with Gasteiger partial charge < -0.3 is 42.4 Å². The number of ketones is 1. The average Bonchev–Trinajstić information content (AvgIpc) is 3.95. The summed E-state index contributed by atoms with van der Waals surface area (Å²) in [7, 11) is -1.93. The second kappa shape index (κ2) is 31.4. The second-order valence-corrected chi connectivity index (χ2v) is 29.9. The molecular formula is C58H79Cl5N10O8Si. The maximum absolute atomic E-state index is 10.9. The summed E-state index contributed by atoms with van der Waals surface area (Å²) < 4.78 is 10.0. The number of hydrazine groups is 1. The number of Topliss-reactive ketones (excluding diaryl/α,β-unsaturated/α-hetero) is 1. The predicted molar refractivity (Wildman–Crippen MR) is 337 cm³/mol. The van der Waals surface area contributed by atoms with Crippen molar-refractivity contribution in [2.45, 2.75) is 144 Å². The topological polar surface area (TPSA) is 314 Å². The zero-order chi connectivity index (χ0) is 62.3. The molecule has 0 aliphatic carbocycles. The molecular weight excluding hydrogens is 1170 g/mol. The van der Waals surface area contributed by atoms with Crippen molar-refractivity contribution in [1.82, 2.24) is 19.6 Å². The second-order valence-electron chi connectivity index (χ2n) is 22.8. The van der Waals surface area contributed by atoms with E-state index in [-0.39, 0.29) is 72.6 Å². The summed E-state index contributed by atoms with van der Waals surface area (Å²) in [4.78, 5) is 42.7. The summed E-state index contributed by atoms with van der Waals surface area (Å²) in [5, 5.41) is 44.5. The van der Waals surface area contributed by atoms with Gasteiger partial charge in [-0.25, -0.2) is 23.7 Å². The summed E-state index contributed by atoms with van der Waals surface area (Å²) in [6.07, 6.45) is 0.0312. The van der Waals surface area contributed by atoms with Crippen molar-refractivity contribution in [1.29, 1.82) is 5.26 Å². The van der Waals surface area contributed by atoms with Crippen LogP contribution in [0.4, 0.5) is 23.0 Å². The molecule has 0 fully saturated rings. The number of halogens is 5. The van der Waals surface area contributed by atoms with Crippen LogP contribution in [0.5, 0.6) is 0 Å². The Kier molecular flexibility index (Phi) is 28.2. The van der Waals surface area contributed by atoms with Crippen molar-refractivity contribution < 1.29 is 38.9 Å². The molecule has 6 aromatic rings. The number of carbonyl (C=O) groups excluding carboxylic acids is 1. The molecule has 24 heteroatoms. The van der Waals surface area contributed by atoms with Crippen LogP contribution in [0, 0.1) is 16.7 Å². The highest BCUT2D eigenvalue weighted by atomic mass is 35.5. The molecule has 6 rings (SSSR count). The summed E-state index contributed by atoms with van der Waals surface area (Å²) in [5.41, 5.74) is 26.5. The molecule has 4 aromatic carbocycles. The lowest BCUT2D eigenvalue weighted by molar-refractivity contribution is -0.125. The van der Waals surface area contributed by atoms with Crippen LogP contribution < -0.4 is 28.5 Å². The van der Waals surface area contributed by atoms with Crippen LogP contribution in [0.1, 0.15) is 158 Å². The number of nitriles is 1. The van der Waals surface area contributed by atoms with Gasteiger partial charge in [0.25, 0.3) is 0 Å². The number of nitrogen functional groups attached to an aromatic ring is 4. The number of carbonyl (C=O) groups is 4. The third-order valence-corrected chi connectivity index (χ3v) is 19.9. The molecule has 448 valence electrons. The molecule has 0 bridgehead atoms. The first-order valence-corrected chi connectivity index (χ1v) is 29.3. The van der Waals surface area contributed by atoms with E-state index in [1.165, 1.54) is 42.5 Å². The highest BCUT2D eigenvalue weighted by Crippen LogP contribution is 2.43. The van der Waals surface area contributed by atoms with Crippen LogP contribution in [0.25, 0.3) is 11.4 Å². The molecule has 82 heavy (non-hydrogen) atoms. The first-order chi connectivity index (χ1) is 37.2. The average molecular weight is 1250 g/mol. The molecule has 0 saturated heterocycles. The van der Waals surface area contributed by atoms with E-state index >= 15 is 0 Å². The van der Waals surface area contributed by atoms with E-state index in [0.29, 0.717) is 57.0 Å². The number of carboxylic acid groups (broad SMARTS) is 3. The van der Waals surface area contributed by atoms with E-state index in [0.717, 1.165) is 22.6 Å². The molecule has 0 spiro atoms. The van der Waals surface area contributed by atoms with Crippen molar-refractivity contribution in [3.8, 4) is 17.4 Å². The summed E-state index contributed by atoms with van der Waals surface area (Å²) in [6.45, 7) is 32.3. The van der Waals surface area contributed by atoms with Gasteiger partial charge in [-0.2, -0.15) is 15.5 Å². The van der Waals surface area contributed by atoms with Crippen LogP contribution >= 0.6 is 58.8 Å². The monoisotopic (exact) mass is 1250 g/mol. The van der Waals surface area contributed by atoms with E-state index < -0.39 is 26.2 Å². The highest BCUT2D eigenvalue weighted by molar-refractivity contribution is 6.77. The minimum atomic E-state index is -1.93. The third-order valence-electron chi connectivity index (χ3n) is 12.6. The van der Waals surface area contributed by atoms with Crippen LogP contribution in [0.3, 0.4) is 0 Å². The molecule has 2 heterocycles. The highest BCUT2D eigenvalue weighted by Gasteiger charge is 2.45. The lowest BCUT2D eigenvalue weighted by Gasteiger charge is -2.42. The number of carboxylic acids is 3. The Balaban J connectivity index is 0.000000550. The van der Waals surface area contributed by atoms with Gasteiger partial charge in [0.15, 0.2) is 5.78 Å². The Bertz CT molecular complexity index is 3170. The summed E-state index contributed by atoms with van der Waals surface area (Å²) >= 11 is 23.8.